The summed E-state index contributed by atoms with van der Waals surface area (Å²) in [6.07, 6.45) is 5.49. The SMILES string of the molecule is CCC(CC)C(=O)/C=C(\O)C(CC)CC.[2H]c1cc2ccccc2c(-c2[c-]c(C)cc(C)c2)n1.[2H]c1cc2ccccc2c(-c2[c-]c(C)cc(C)c2)n1.[Ir]. The maximum atomic E-state index is 11.7. The number of benzene rings is 4. The van der Waals surface area contributed by atoms with Crippen LogP contribution in [0.15, 0.2) is 109 Å². The maximum Gasteiger partial charge on any atom is 0.162 e. The Hall–Kier alpha value is -4.44. The van der Waals surface area contributed by atoms with E-state index < -0.39 is 0 Å². The number of carbonyl (C=O) groups excluding carboxylic acids is 1. The summed E-state index contributed by atoms with van der Waals surface area (Å²) in [7, 11) is 0. The first-order valence-corrected chi connectivity index (χ1v) is 18.1. The first kappa shape index (κ1) is 38.8. The van der Waals surface area contributed by atoms with Crippen molar-refractivity contribution in [2.75, 3.05) is 0 Å². The third-order valence-electron chi connectivity index (χ3n) is 9.11. The van der Waals surface area contributed by atoms with Crippen LogP contribution in [-0.2, 0) is 24.9 Å². The van der Waals surface area contributed by atoms with E-state index in [2.05, 4.69) is 60.2 Å². The maximum absolute atomic E-state index is 11.7. The molecule has 6 rings (SSSR count). The second-order valence-corrected chi connectivity index (χ2v) is 13.1. The predicted molar refractivity (Wildman–Crippen MR) is 215 cm³/mol. The number of hydrogen-bond acceptors (Lipinski definition) is 4. The number of nitrogens with zero attached hydrogens (tertiary/aromatic N) is 2. The van der Waals surface area contributed by atoms with Crippen molar-refractivity contribution in [3.05, 3.63) is 143 Å². The normalized spacial score (nSPS) is 11.6. The van der Waals surface area contributed by atoms with Crippen molar-refractivity contribution < 1.29 is 32.7 Å². The van der Waals surface area contributed by atoms with Crippen LogP contribution in [0.1, 0.15) is 78.4 Å². The van der Waals surface area contributed by atoms with Crippen LogP contribution in [0, 0.1) is 51.7 Å². The van der Waals surface area contributed by atoms with Gasteiger partial charge in [0.25, 0.3) is 0 Å². The Morgan fingerprint density at radius 3 is 1.46 bits per heavy atom. The fourth-order valence-electron chi connectivity index (χ4n) is 6.37. The number of aliphatic hydroxyl groups is 1. The Morgan fingerprint density at radius 1 is 0.673 bits per heavy atom. The number of allylic oxidation sites excluding steroid dienone is 2. The number of hydrogen-bond donors (Lipinski definition) is 1. The molecule has 1 N–H and O–H groups in total. The first-order valence-electron chi connectivity index (χ1n) is 19.1. The van der Waals surface area contributed by atoms with Gasteiger partial charge in [-0.1, -0.05) is 104 Å². The molecule has 6 aromatic rings. The molecule has 0 saturated heterocycles. The minimum absolute atomic E-state index is 0. The summed E-state index contributed by atoms with van der Waals surface area (Å²) in [5, 5.41) is 14.0. The predicted octanol–water partition coefficient (Wildman–Crippen LogP) is 12.5. The van der Waals surface area contributed by atoms with Crippen molar-refractivity contribution in [2.24, 2.45) is 11.8 Å². The molecular weight excluding hydrogens is 817 g/mol. The Labute approximate surface area is 327 Å². The van der Waals surface area contributed by atoms with Crippen LogP contribution in [0.2, 0.25) is 0 Å². The van der Waals surface area contributed by atoms with E-state index in [1.807, 2.05) is 90.1 Å². The molecule has 0 amide bonds. The largest absolute Gasteiger partial charge is 0.512 e. The average Bonchev–Trinajstić information content (AvgIpc) is 3.11. The molecule has 0 atom stereocenters. The van der Waals surface area contributed by atoms with E-state index in [-0.39, 0.29) is 43.5 Å². The summed E-state index contributed by atoms with van der Waals surface area (Å²) in [5.74, 6) is 0.547. The van der Waals surface area contributed by atoms with Gasteiger partial charge in [0, 0.05) is 50.4 Å². The van der Waals surface area contributed by atoms with Gasteiger partial charge in [0.15, 0.2) is 5.78 Å². The van der Waals surface area contributed by atoms with Gasteiger partial charge in [0.05, 0.1) is 8.50 Å². The minimum atomic E-state index is 0. The molecule has 4 aromatic carbocycles. The van der Waals surface area contributed by atoms with Crippen molar-refractivity contribution in [3.63, 3.8) is 0 Å². The van der Waals surface area contributed by atoms with Gasteiger partial charge >= 0.3 is 0 Å². The van der Waals surface area contributed by atoms with Gasteiger partial charge in [-0.15, -0.1) is 69.8 Å². The monoisotopic (exact) mass is 871 g/mol. The Balaban J connectivity index is 0.000000218. The number of aryl methyl sites for hydroxylation is 4. The number of rotatable bonds is 9. The van der Waals surface area contributed by atoms with Crippen LogP contribution in [-0.4, -0.2) is 20.9 Å². The zero-order valence-corrected chi connectivity index (χ0v) is 34.1. The van der Waals surface area contributed by atoms with Crippen molar-refractivity contribution in [3.8, 4) is 22.5 Å². The van der Waals surface area contributed by atoms with Gasteiger partial charge in [-0.2, -0.15) is 0 Å². The number of aliphatic hydroxyl groups excluding tert-OH is 1. The average molecular weight is 871 g/mol. The second kappa shape index (κ2) is 20.6. The zero-order chi connectivity index (χ0) is 38.7. The minimum Gasteiger partial charge on any atom is -0.512 e. The van der Waals surface area contributed by atoms with Crippen LogP contribution in [0.4, 0.5) is 0 Å². The smallest absolute Gasteiger partial charge is 0.162 e. The molecule has 1 radical (unpaired) electrons. The van der Waals surface area contributed by atoms with Crippen LogP contribution in [0.3, 0.4) is 0 Å². The quantitative estimate of drug-likeness (QED) is 0.0893. The van der Waals surface area contributed by atoms with Crippen molar-refractivity contribution >= 4 is 27.3 Å². The Kier molecular flexibility index (Phi) is 15.3. The number of carbonyl (C=O) groups is 1. The third-order valence-corrected chi connectivity index (χ3v) is 9.11. The number of aromatic nitrogens is 2. The van der Waals surface area contributed by atoms with Crippen LogP contribution < -0.4 is 0 Å². The van der Waals surface area contributed by atoms with Crippen molar-refractivity contribution in [1.82, 2.24) is 9.97 Å². The standard InChI is InChI=1S/2C17H14N.C13H24O2.Ir/c2*1-12-9-13(2)11-15(10-12)17-16-6-4-3-5-14(16)7-8-18-17;1-5-10(6-2)12(14)9-13(15)11(7-3)8-4;/h2*3-10H,1-2H3;9-11,14H,5-8H2,1-4H3;/q2*-1;;/b;;12-9-;/i2*8D;;. The molecule has 0 aliphatic carbocycles. The molecule has 0 aliphatic heterocycles. The van der Waals surface area contributed by atoms with E-state index in [1.54, 1.807) is 12.1 Å². The van der Waals surface area contributed by atoms with Gasteiger partial charge < -0.3 is 15.1 Å². The molecule has 2 heterocycles. The Morgan fingerprint density at radius 2 is 1.08 bits per heavy atom. The van der Waals surface area contributed by atoms with E-state index in [9.17, 15) is 9.90 Å². The Bertz CT molecular complexity index is 2030. The topological polar surface area (TPSA) is 63.1 Å². The molecule has 0 unspecified atom stereocenters. The van der Waals surface area contributed by atoms with Gasteiger partial charge in [0.1, 0.15) is 0 Å². The summed E-state index contributed by atoms with van der Waals surface area (Å²) in [4.78, 5) is 20.5. The van der Waals surface area contributed by atoms with E-state index in [0.717, 1.165) is 80.9 Å². The van der Waals surface area contributed by atoms with Crippen molar-refractivity contribution in [2.45, 2.75) is 81.1 Å². The van der Waals surface area contributed by atoms with Gasteiger partial charge in [0.2, 0.25) is 0 Å². The zero-order valence-electron chi connectivity index (χ0n) is 33.7. The molecule has 4 nitrogen and oxygen atoms in total. The molecule has 2 aromatic heterocycles. The molecule has 0 bridgehead atoms. The fourth-order valence-corrected chi connectivity index (χ4v) is 6.37. The molecular formula is C47H52IrN2O2-2. The first-order chi connectivity index (χ1) is 25.4. The molecule has 273 valence electrons. The molecule has 0 aliphatic rings. The molecule has 5 heteroatoms. The molecule has 0 spiro atoms. The number of fused-ring (bicyclic) bond motifs is 2. The summed E-state index contributed by atoms with van der Waals surface area (Å²) in [6, 6.07) is 34.7. The van der Waals surface area contributed by atoms with Crippen LogP contribution in [0.5, 0.6) is 0 Å². The van der Waals surface area contributed by atoms with Gasteiger partial charge in [-0.05, 0) is 70.7 Å². The van der Waals surface area contributed by atoms with Crippen LogP contribution in [0.25, 0.3) is 44.1 Å². The van der Waals surface area contributed by atoms with E-state index in [1.165, 1.54) is 17.2 Å². The van der Waals surface area contributed by atoms with E-state index in [0.29, 0.717) is 12.3 Å². The van der Waals surface area contributed by atoms with Gasteiger partial charge in [-0.25, -0.2) is 0 Å². The van der Waals surface area contributed by atoms with Crippen LogP contribution >= 0.6 is 0 Å². The van der Waals surface area contributed by atoms with E-state index >= 15 is 0 Å². The number of ketones is 1. The molecule has 0 fully saturated rings. The molecule has 0 saturated carbocycles. The van der Waals surface area contributed by atoms with E-state index in [4.69, 9.17) is 2.74 Å². The summed E-state index contributed by atoms with van der Waals surface area (Å²) < 4.78 is 15.7. The second-order valence-electron chi connectivity index (χ2n) is 13.1. The molecule has 52 heavy (non-hydrogen) atoms. The summed E-state index contributed by atoms with van der Waals surface area (Å²) in [6.45, 7) is 16.3. The van der Waals surface area contributed by atoms with Crippen molar-refractivity contribution in [1.29, 1.82) is 0 Å². The fraction of sp³-hybridized carbons (Fsp3) is 0.298. The van der Waals surface area contributed by atoms with Gasteiger partial charge in [-0.3, -0.25) is 4.79 Å². The summed E-state index contributed by atoms with van der Waals surface area (Å²) in [5.41, 5.74) is 8.17. The number of pyridine rings is 2. The summed E-state index contributed by atoms with van der Waals surface area (Å²) >= 11 is 0. The third kappa shape index (κ3) is 11.3.